The highest BCUT2D eigenvalue weighted by molar-refractivity contribution is 6.05. The number of ether oxygens (including phenoxy) is 2. The molecule has 1 N–H and O–H groups in total. The van der Waals surface area contributed by atoms with E-state index in [0.717, 1.165) is 10.9 Å². The fourth-order valence-corrected chi connectivity index (χ4v) is 2.17. The molecule has 24 heavy (non-hydrogen) atoms. The van der Waals surface area contributed by atoms with Crippen molar-refractivity contribution in [1.82, 2.24) is 9.78 Å². The minimum atomic E-state index is -4.72. The number of aromatic nitrogens is 2. The third-order valence-corrected chi connectivity index (χ3v) is 3.32. The standard InChI is InChI=1S/C15H16F3N3O3/c1-8-5-11(23-3)12(24-4)6-10(8)19-14(22)9-7-21(2)20-13(9)15(16,17)18/h5-7H,1-4H3,(H,19,22). The van der Waals surface area contributed by atoms with Crippen LogP contribution in [0.4, 0.5) is 18.9 Å². The summed E-state index contributed by atoms with van der Waals surface area (Å²) in [5.74, 6) is -0.114. The molecule has 2 rings (SSSR count). The SMILES string of the molecule is COc1cc(C)c(NC(=O)c2cn(C)nc2C(F)(F)F)cc1OC. The van der Waals surface area contributed by atoms with E-state index in [1.165, 1.54) is 27.3 Å². The number of halogens is 3. The number of aryl methyl sites for hydroxylation is 2. The van der Waals surface area contributed by atoms with Crippen molar-refractivity contribution in [1.29, 1.82) is 0 Å². The maximum atomic E-state index is 13.0. The molecule has 1 aromatic carbocycles. The molecule has 1 amide bonds. The summed E-state index contributed by atoms with van der Waals surface area (Å²) in [5, 5.41) is 5.76. The quantitative estimate of drug-likeness (QED) is 0.927. The zero-order chi connectivity index (χ0) is 18.1. The minimum absolute atomic E-state index is 0.314. The molecule has 0 radical (unpaired) electrons. The van der Waals surface area contributed by atoms with Crippen LogP contribution in [-0.4, -0.2) is 29.9 Å². The van der Waals surface area contributed by atoms with Gasteiger partial charge in [-0.15, -0.1) is 0 Å². The molecule has 130 valence electrons. The molecule has 0 fully saturated rings. The van der Waals surface area contributed by atoms with Gasteiger partial charge in [-0.3, -0.25) is 9.48 Å². The second kappa shape index (κ2) is 6.42. The summed E-state index contributed by atoms with van der Waals surface area (Å²) in [4.78, 5) is 12.3. The van der Waals surface area contributed by atoms with Gasteiger partial charge < -0.3 is 14.8 Å². The van der Waals surface area contributed by atoms with Gasteiger partial charge in [0.15, 0.2) is 17.2 Å². The van der Waals surface area contributed by atoms with Gasteiger partial charge in [0.25, 0.3) is 5.91 Å². The van der Waals surface area contributed by atoms with Crippen molar-refractivity contribution in [3.63, 3.8) is 0 Å². The van der Waals surface area contributed by atoms with Crippen molar-refractivity contribution in [2.75, 3.05) is 19.5 Å². The topological polar surface area (TPSA) is 65.4 Å². The number of hydrogen-bond donors (Lipinski definition) is 1. The zero-order valence-corrected chi connectivity index (χ0v) is 13.5. The van der Waals surface area contributed by atoms with Crippen molar-refractivity contribution in [3.8, 4) is 11.5 Å². The molecular weight excluding hydrogens is 327 g/mol. The second-order valence-corrected chi connectivity index (χ2v) is 5.04. The van der Waals surface area contributed by atoms with Crippen LogP contribution < -0.4 is 14.8 Å². The molecule has 1 aromatic heterocycles. The number of alkyl halides is 3. The molecule has 0 atom stereocenters. The van der Waals surface area contributed by atoms with Crippen LogP contribution in [0.1, 0.15) is 21.6 Å². The largest absolute Gasteiger partial charge is 0.493 e. The number of benzene rings is 1. The summed E-state index contributed by atoms with van der Waals surface area (Å²) in [7, 11) is 4.19. The van der Waals surface area contributed by atoms with Crippen LogP contribution in [0.3, 0.4) is 0 Å². The lowest BCUT2D eigenvalue weighted by atomic mass is 10.1. The van der Waals surface area contributed by atoms with Crippen LogP contribution in [-0.2, 0) is 13.2 Å². The molecule has 0 aliphatic rings. The molecular formula is C15H16F3N3O3. The second-order valence-electron chi connectivity index (χ2n) is 5.04. The molecule has 0 aliphatic heterocycles. The van der Waals surface area contributed by atoms with Gasteiger partial charge in [0.2, 0.25) is 0 Å². The van der Waals surface area contributed by atoms with Crippen molar-refractivity contribution < 1.29 is 27.4 Å². The van der Waals surface area contributed by atoms with E-state index in [0.29, 0.717) is 22.7 Å². The number of methoxy groups -OCH3 is 2. The van der Waals surface area contributed by atoms with E-state index in [1.807, 2.05) is 0 Å². The summed E-state index contributed by atoms with van der Waals surface area (Å²) < 4.78 is 50.1. The van der Waals surface area contributed by atoms with Gasteiger partial charge in [-0.05, 0) is 18.6 Å². The predicted molar refractivity (Wildman–Crippen MR) is 80.4 cm³/mol. The Hall–Kier alpha value is -2.71. The minimum Gasteiger partial charge on any atom is -0.493 e. The van der Waals surface area contributed by atoms with Crippen LogP contribution in [0, 0.1) is 6.92 Å². The highest BCUT2D eigenvalue weighted by Crippen LogP contribution is 2.34. The highest BCUT2D eigenvalue weighted by Gasteiger charge is 2.39. The Labute approximate surface area is 136 Å². The first-order chi connectivity index (χ1) is 11.2. The van der Waals surface area contributed by atoms with Gasteiger partial charge in [-0.2, -0.15) is 18.3 Å². The number of nitrogens with one attached hydrogen (secondary N) is 1. The van der Waals surface area contributed by atoms with Gasteiger partial charge in [-0.25, -0.2) is 0 Å². The zero-order valence-electron chi connectivity index (χ0n) is 13.5. The van der Waals surface area contributed by atoms with E-state index < -0.39 is 23.3 Å². The third kappa shape index (κ3) is 3.44. The molecule has 2 aromatic rings. The van der Waals surface area contributed by atoms with Crippen LogP contribution >= 0.6 is 0 Å². The summed E-state index contributed by atoms with van der Waals surface area (Å²) in [6.45, 7) is 1.69. The number of anilines is 1. The Kier molecular flexibility index (Phi) is 4.72. The molecule has 0 bridgehead atoms. The van der Waals surface area contributed by atoms with Crippen LogP contribution in [0.25, 0.3) is 0 Å². The Bertz CT molecular complexity index is 769. The fourth-order valence-electron chi connectivity index (χ4n) is 2.17. The molecule has 6 nitrogen and oxygen atoms in total. The van der Waals surface area contributed by atoms with Gasteiger partial charge in [0.1, 0.15) is 0 Å². The molecule has 9 heteroatoms. The number of rotatable bonds is 4. The summed E-state index contributed by atoms with van der Waals surface area (Å²) in [6, 6.07) is 3.10. The molecule has 0 saturated carbocycles. The van der Waals surface area contributed by atoms with E-state index in [-0.39, 0.29) is 0 Å². The van der Waals surface area contributed by atoms with E-state index in [9.17, 15) is 18.0 Å². The van der Waals surface area contributed by atoms with Crippen molar-refractivity contribution in [2.24, 2.45) is 7.05 Å². The predicted octanol–water partition coefficient (Wildman–Crippen LogP) is 3.02. The third-order valence-electron chi connectivity index (χ3n) is 3.32. The summed E-state index contributed by atoms with van der Waals surface area (Å²) in [5.41, 5.74) is -0.868. The average Bonchev–Trinajstić information content (AvgIpc) is 2.91. The van der Waals surface area contributed by atoms with Gasteiger partial charge in [-0.1, -0.05) is 0 Å². The maximum absolute atomic E-state index is 13.0. The molecule has 0 unspecified atom stereocenters. The first-order valence-electron chi connectivity index (χ1n) is 6.82. The van der Waals surface area contributed by atoms with E-state index >= 15 is 0 Å². The van der Waals surface area contributed by atoms with Crippen molar-refractivity contribution >= 4 is 11.6 Å². The van der Waals surface area contributed by atoms with E-state index in [4.69, 9.17) is 9.47 Å². The first kappa shape index (κ1) is 17.6. The van der Waals surface area contributed by atoms with Crippen molar-refractivity contribution in [2.45, 2.75) is 13.1 Å². The Morgan fingerprint density at radius 3 is 2.33 bits per heavy atom. The van der Waals surface area contributed by atoms with E-state index in [1.54, 1.807) is 13.0 Å². The highest BCUT2D eigenvalue weighted by atomic mass is 19.4. The van der Waals surface area contributed by atoms with Crippen LogP contribution in [0.5, 0.6) is 11.5 Å². The van der Waals surface area contributed by atoms with Gasteiger partial charge in [0.05, 0.1) is 19.8 Å². The number of amides is 1. The number of nitrogens with zero attached hydrogens (tertiary/aromatic N) is 2. The fraction of sp³-hybridized carbons (Fsp3) is 0.333. The number of carbonyl (C=O) groups excluding carboxylic acids is 1. The number of carbonyl (C=O) groups is 1. The lowest BCUT2D eigenvalue weighted by molar-refractivity contribution is -0.141. The monoisotopic (exact) mass is 343 g/mol. The van der Waals surface area contributed by atoms with E-state index in [2.05, 4.69) is 10.4 Å². The smallest absolute Gasteiger partial charge is 0.435 e. The summed E-state index contributed by atoms with van der Waals surface area (Å²) in [6.07, 6.45) is -3.70. The Morgan fingerprint density at radius 1 is 1.21 bits per heavy atom. The Balaban J connectivity index is 2.38. The number of hydrogen-bond acceptors (Lipinski definition) is 4. The van der Waals surface area contributed by atoms with Gasteiger partial charge >= 0.3 is 6.18 Å². The average molecular weight is 343 g/mol. The molecule has 0 saturated heterocycles. The molecule has 0 aliphatic carbocycles. The molecule has 0 spiro atoms. The summed E-state index contributed by atoms with van der Waals surface area (Å²) >= 11 is 0. The normalized spacial score (nSPS) is 11.3. The van der Waals surface area contributed by atoms with Crippen LogP contribution in [0.15, 0.2) is 18.3 Å². The van der Waals surface area contributed by atoms with Crippen LogP contribution in [0.2, 0.25) is 0 Å². The lowest BCUT2D eigenvalue weighted by Gasteiger charge is -2.14. The molecule has 1 heterocycles. The maximum Gasteiger partial charge on any atom is 0.435 e. The van der Waals surface area contributed by atoms with Crippen molar-refractivity contribution in [3.05, 3.63) is 35.2 Å². The van der Waals surface area contributed by atoms with Gasteiger partial charge in [0, 0.05) is 25.0 Å². The lowest BCUT2D eigenvalue weighted by Crippen LogP contribution is -2.18. The first-order valence-corrected chi connectivity index (χ1v) is 6.82. The Morgan fingerprint density at radius 2 is 1.79 bits per heavy atom.